The highest BCUT2D eigenvalue weighted by atomic mass is 16.3. The minimum Gasteiger partial charge on any atom is -0.391 e. The van der Waals surface area contributed by atoms with Crippen molar-refractivity contribution in [2.24, 2.45) is 5.92 Å². The van der Waals surface area contributed by atoms with Gasteiger partial charge < -0.3 is 21.1 Å². The number of benzene rings is 2. The number of piperidine rings is 1. The minimum atomic E-state index is -0.326. The van der Waals surface area contributed by atoms with Gasteiger partial charge >= 0.3 is 0 Å². The van der Waals surface area contributed by atoms with Gasteiger partial charge in [-0.25, -0.2) is 4.98 Å². The third-order valence-electron chi connectivity index (χ3n) is 7.19. The molecule has 1 saturated heterocycles. The summed E-state index contributed by atoms with van der Waals surface area (Å²) in [4.78, 5) is 4.92. The van der Waals surface area contributed by atoms with E-state index < -0.39 is 0 Å². The topological polar surface area (TPSA) is 86.5 Å². The van der Waals surface area contributed by atoms with Crippen molar-refractivity contribution in [3.63, 3.8) is 0 Å². The van der Waals surface area contributed by atoms with Gasteiger partial charge in [-0.15, -0.1) is 0 Å². The molecular formula is C28H32N6O. The van der Waals surface area contributed by atoms with Gasteiger partial charge in [0.05, 0.1) is 12.3 Å². The second kappa shape index (κ2) is 9.68. The number of nitrogens with zero attached hydrogens (tertiary/aromatic N) is 3. The normalized spacial score (nSPS) is 20.1. The number of fused-ring (bicyclic) bond motifs is 1. The molecule has 2 aromatic heterocycles. The van der Waals surface area contributed by atoms with Gasteiger partial charge in [-0.3, -0.25) is 0 Å². The molecule has 0 radical (unpaired) electrons. The Hall–Kier alpha value is -3.42. The van der Waals surface area contributed by atoms with Crippen LogP contribution in [0.15, 0.2) is 66.9 Å². The van der Waals surface area contributed by atoms with Gasteiger partial charge in [-0.2, -0.15) is 9.61 Å². The molecule has 3 heterocycles. The van der Waals surface area contributed by atoms with Crippen LogP contribution in [0, 0.1) is 5.92 Å². The third-order valence-corrected chi connectivity index (χ3v) is 7.19. The summed E-state index contributed by atoms with van der Waals surface area (Å²) in [6.07, 6.45) is 5.02. The number of anilines is 2. The van der Waals surface area contributed by atoms with E-state index in [-0.39, 0.29) is 12.0 Å². The second-order valence-electron chi connectivity index (χ2n) is 9.75. The lowest BCUT2D eigenvalue weighted by atomic mass is 9.95. The molecule has 2 atom stereocenters. The number of aromatic nitrogens is 3. The maximum Gasteiger partial charge on any atom is 0.163 e. The fraction of sp³-hybridized carbons (Fsp3) is 0.357. The monoisotopic (exact) mass is 468 g/mol. The Morgan fingerprint density at radius 2 is 1.77 bits per heavy atom. The Morgan fingerprint density at radius 3 is 2.54 bits per heavy atom. The van der Waals surface area contributed by atoms with E-state index >= 15 is 0 Å². The molecule has 1 aliphatic carbocycles. The van der Waals surface area contributed by atoms with Gasteiger partial charge in [0, 0.05) is 37.2 Å². The average Bonchev–Trinajstić information content (AvgIpc) is 3.66. The first-order valence-corrected chi connectivity index (χ1v) is 12.6. The summed E-state index contributed by atoms with van der Waals surface area (Å²) in [6.45, 7) is 3.00. The molecule has 2 aromatic carbocycles. The maximum absolute atomic E-state index is 10.3. The van der Waals surface area contributed by atoms with Crippen LogP contribution in [0.5, 0.6) is 0 Å². The van der Waals surface area contributed by atoms with E-state index in [0.29, 0.717) is 25.6 Å². The zero-order chi connectivity index (χ0) is 23.6. The lowest BCUT2D eigenvalue weighted by Gasteiger charge is -2.28. The number of nitrogens with one attached hydrogen (secondary N) is 3. The van der Waals surface area contributed by atoms with Crippen molar-refractivity contribution in [2.45, 2.75) is 37.8 Å². The zero-order valence-corrected chi connectivity index (χ0v) is 19.8. The van der Waals surface area contributed by atoms with E-state index in [0.717, 1.165) is 30.2 Å². The summed E-state index contributed by atoms with van der Waals surface area (Å²) in [5.74, 6) is 2.54. The van der Waals surface area contributed by atoms with Crippen molar-refractivity contribution in [3.05, 3.63) is 78.0 Å². The van der Waals surface area contributed by atoms with E-state index in [1.165, 1.54) is 35.1 Å². The molecule has 4 aromatic rings. The summed E-state index contributed by atoms with van der Waals surface area (Å²) < 4.78 is 1.93. The highest BCUT2D eigenvalue weighted by Gasteiger charge is 2.28. The smallest absolute Gasteiger partial charge is 0.163 e. The molecule has 180 valence electrons. The summed E-state index contributed by atoms with van der Waals surface area (Å²) in [5, 5.41) is 25.3. The van der Waals surface area contributed by atoms with Gasteiger partial charge in [-0.1, -0.05) is 54.6 Å². The Morgan fingerprint density at radius 1 is 0.971 bits per heavy atom. The van der Waals surface area contributed by atoms with Crippen LogP contribution in [0.25, 0.3) is 16.8 Å². The van der Waals surface area contributed by atoms with Crippen LogP contribution in [0.2, 0.25) is 0 Å². The highest BCUT2D eigenvalue weighted by Crippen LogP contribution is 2.42. The molecule has 2 fully saturated rings. The van der Waals surface area contributed by atoms with Crippen molar-refractivity contribution in [3.8, 4) is 11.1 Å². The van der Waals surface area contributed by atoms with Crippen LogP contribution in [-0.4, -0.2) is 45.4 Å². The van der Waals surface area contributed by atoms with Crippen LogP contribution >= 0.6 is 0 Å². The van der Waals surface area contributed by atoms with Crippen LogP contribution in [0.1, 0.15) is 36.3 Å². The molecule has 1 aliphatic heterocycles. The number of aliphatic hydroxyl groups excluding tert-OH is 1. The fourth-order valence-corrected chi connectivity index (χ4v) is 4.89. The predicted molar refractivity (Wildman–Crippen MR) is 140 cm³/mol. The molecule has 2 aliphatic rings. The molecule has 7 nitrogen and oxygen atoms in total. The molecule has 6 rings (SSSR count). The van der Waals surface area contributed by atoms with Crippen molar-refractivity contribution in [1.29, 1.82) is 0 Å². The van der Waals surface area contributed by atoms with Crippen LogP contribution in [0.4, 0.5) is 11.6 Å². The highest BCUT2D eigenvalue weighted by molar-refractivity contribution is 5.64. The molecule has 0 spiro atoms. The van der Waals surface area contributed by atoms with Gasteiger partial charge in [0.1, 0.15) is 11.6 Å². The van der Waals surface area contributed by atoms with Crippen molar-refractivity contribution in [2.75, 3.05) is 30.3 Å². The lowest BCUT2D eigenvalue weighted by Crippen LogP contribution is -2.43. The number of aliphatic hydroxyl groups is 1. The van der Waals surface area contributed by atoms with Crippen molar-refractivity contribution in [1.82, 2.24) is 19.9 Å². The summed E-state index contributed by atoms with van der Waals surface area (Å²) in [6, 6.07) is 21.2. The molecule has 0 amide bonds. The molecular weight excluding hydrogens is 436 g/mol. The molecule has 1 saturated carbocycles. The molecule has 0 bridgehead atoms. The van der Waals surface area contributed by atoms with Crippen LogP contribution in [0.3, 0.4) is 0 Å². The second-order valence-corrected chi connectivity index (χ2v) is 9.75. The first kappa shape index (κ1) is 22.1. The van der Waals surface area contributed by atoms with Gasteiger partial charge in [0.15, 0.2) is 5.65 Å². The van der Waals surface area contributed by atoms with Crippen LogP contribution < -0.4 is 16.0 Å². The van der Waals surface area contributed by atoms with Crippen molar-refractivity contribution < 1.29 is 5.11 Å². The number of rotatable bonds is 8. The lowest BCUT2D eigenvalue weighted by molar-refractivity contribution is 0.0883. The Bertz CT molecular complexity index is 1280. The standard InChI is InChI=1S/C28H32N6O/c35-25-18-29-13-12-23(25)16-30-26-14-27(34-28(33-26)24(17-32-34)22-10-11-22)31-15-19-6-8-21(9-7-19)20-4-2-1-3-5-20/h1-9,14,17,22-23,25,29,31,35H,10-13,15-16,18H2,(H,30,33)/t23-,25+/m1/s1. The maximum atomic E-state index is 10.3. The van der Waals surface area contributed by atoms with E-state index in [9.17, 15) is 5.11 Å². The van der Waals surface area contributed by atoms with Crippen molar-refractivity contribution >= 4 is 17.3 Å². The first-order valence-electron chi connectivity index (χ1n) is 12.6. The first-order chi connectivity index (χ1) is 17.2. The Labute approximate surface area is 205 Å². The SMILES string of the molecule is O[C@H]1CNCC[C@@H]1CNc1cc(NCc2ccc(-c3ccccc3)cc2)n2ncc(C3CC3)c2n1. The minimum absolute atomic E-state index is 0.224. The summed E-state index contributed by atoms with van der Waals surface area (Å²) in [7, 11) is 0. The molecule has 0 unspecified atom stereocenters. The zero-order valence-electron chi connectivity index (χ0n) is 19.8. The van der Waals surface area contributed by atoms with E-state index in [4.69, 9.17) is 4.98 Å². The number of hydrogen-bond acceptors (Lipinski definition) is 6. The van der Waals surface area contributed by atoms with Crippen LogP contribution in [-0.2, 0) is 6.54 Å². The van der Waals surface area contributed by atoms with Gasteiger partial charge in [0.2, 0.25) is 0 Å². The van der Waals surface area contributed by atoms with E-state index in [1.54, 1.807) is 0 Å². The molecule has 7 heteroatoms. The van der Waals surface area contributed by atoms with Gasteiger partial charge in [-0.05, 0) is 48.4 Å². The Kier molecular flexibility index (Phi) is 6.10. The number of hydrogen-bond donors (Lipinski definition) is 4. The number of β-amino-alcohol motifs (C(OH)–C–C–N with tert-alkyl or cyclic N) is 1. The van der Waals surface area contributed by atoms with E-state index in [2.05, 4.69) is 69.6 Å². The Balaban J connectivity index is 1.21. The third kappa shape index (κ3) is 4.88. The average molecular weight is 469 g/mol. The fourth-order valence-electron chi connectivity index (χ4n) is 4.89. The summed E-state index contributed by atoms with van der Waals surface area (Å²) in [5.41, 5.74) is 5.79. The largest absolute Gasteiger partial charge is 0.391 e. The van der Waals surface area contributed by atoms with E-state index in [1.807, 2.05) is 22.8 Å². The molecule has 4 N–H and O–H groups in total. The summed E-state index contributed by atoms with van der Waals surface area (Å²) >= 11 is 0. The molecule has 35 heavy (non-hydrogen) atoms. The quantitative estimate of drug-likeness (QED) is 0.309. The predicted octanol–water partition coefficient (Wildman–Crippen LogP) is 4.27. The van der Waals surface area contributed by atoms with Gasteiger partial charge in [0.25, 0.3) is 0 Å².